The van der Waals surface area contributed by atoms with E-state index in [2.05, 4.69) is 4.72 Å². The molecule has 0 spiro atoms. The Morgan fingerprint density at radius 3 is 2.29 bits per heavy atom. The molecule has 3 N–H and O–H groups in total. The van der Waals surface area contributed by atoms with Gasteiger partial charge in [0, 0.05) is 10.9 Å². The molecule has 0 radical (unpaired) electrons. The van der Waals surface area contributed by atoms with Gasteiger partial charge in [-0.25, -0.2) is 8.42 Å². The highest BCUT2D eigenvalue weighted by Gasteiger charge is 2.16. The van der Waals surface area contributed by atoms with Crippen LogP contribution in [0.2, 0.25) is 0 Å². The number of anilines is 1. The molecule has 0 bridgehead atoms. The van der Waals surface area contributed by atoms with Crippen LogP contribution in [0.5, 0.6) is 0 Å². The molecule has 6 heteroatoms. The van der Waals surface area contributed by atoms with E-state index in [4.69, 9.17) is 5.73 Å². The zero-order valence-corrected chi connectivity index (χ0v) is 13.5. The first-order chi connectivity index (χ1) is 9.94. The first-order valence-corrected chi connectivity index (χ1v) is 9.16. The normalized spacial score (nSPS) is 12.9. The summed E-state index contributed by atoms with van der Waals surface area (Å²) in [5.41, 5.74) is 7.25. The van der Waals surface area contributed by atoms with Crippen molar-refractivity contribution in [1.82, 2.24) is 0 Å². The molecule has 0 saturated carbocycles. The van der Waals surface area contributed by atoms with Crippen LogP contribution in [0, 0.1) is 0 Å². The topological polar surface area (TPSA) is 72.2 Å². The molecule has 2 aromatic carbocycles. The third-order valence-corrected chi connectivity index (χ3v) is 5.24. The van der Waals surface area contributed by atoms with Gasteiger partial charge < -0.3 is 5.73 Å². The molecule has 21 heavy (non-hydrogen) atoms. The van der Waals surface area contributed by atoms with E-state index in [0.29, 0.717) is 5.69 Å². The van der Waals surface area contributed by atoms with Crippen molar-refractivity contribution in [2.75, 3.05) is 11.0 Å². The number of hydrogen-bond donors (Lipinski definition) is 2. The van der Waals surface area contributed by atoms with Crippen molar-refractivity contribution in [2.24, 2.45) is 5.73 Å². The molecule has 0 amide bonds. The van der Waals surface area contributed by atoms with Gasteiger partial charge in [-0.3, -0.25) is 4.72 Å². The lowest BCUT2D eigenvalue weighted by atomic mass is 10.1. The molecule has 0 aliphatic rings. The van der Waals surface area contributed by atoms with Gasteiger partial charge in [0.25, 0.3) is 10.0 Å². The maximum absolute atomic E-state index is 12.4. The van der Waals surface area contributed by atoms with Gasteiger partial charge >= 0.3 is 0 Å². The summed E-state index contributed by atoms with van der Waals surface area (Å²) < 4.78 is 27.4. The third-order valence-electron chi connectivity index (χ3n) is 3.07. The summed E-state index contributed by atoms with van der Waals surface area (Å²) in [7, 11) is -3.59. The summed E-state index contributed by atoms with van der Waals surface area (Å²) >= 11 is 1.49. The van der Waals surface area contributed by atoms with Crippen LogP contribution in [0.1, 0.15) is 18.5 Å². The van der Waals surface area contributed by atoms with Gasteiger partial charge in [0.1, 0.15) is 0 Å². The van der Waals surface area contributed by atoms with Gasteiger partial charge in [0.05, 0.1) is 10.6 Å². The van der Waals surface area contributed by atoms with Crippen LogP contribution in [-0.2, 0) is 10.0 Å². The van der Waals surface area contributed by atoms with Crippen molar-refractivity contribution in [3.63, 3.8) is 0 Å². The van der Waals surface area contributed by atoms with Crippen molar-refractivity contribution in [1.29, 1.82) is 0 Å². The fourth-order valence-electron chi connectivity index (χ4n) is 1.88. The zero-order chi connectivity index (χ0) is 15.5. The number of thioether (sulfide) groups is 1. The summed E-state index contributed by atoms with van der Waals surface area (Å²) in [5, 5.41) is 0. The van der Waals surface area contributed by atoms with E-state index in [1.165, 1.54) is 11.8 Å². The van der Waals surface area contributed by atoms with Gasteiger partial charge in [0.15, 0.2) is 0 Å². The number of hydrogen-bond acceptors (Lipinski definition) is 4. The SMILES string of the molecule is CSc1ccccc1NS(=O)(=O)c1ccc(C(C)N)cc1. The predicted octanol–water partition coefficient (Wildman–Crippen LogP) is 3.23. The highest BCUT2D eigenvalue weighted by molar-refractivity contribution is 7.99. The van der Waals surface area contributed by atoms with E-state index in [9.17, 15) is 8.42 Å². The lowest BCUT2D eigenvalue weighted by Crippen LogP contribution is -2.14. The quantitative estimate of drug-likeness (QED) is 0.829. The maximum atomic E-state index is 12.4. The van der Waals surface area contributed by atoms with Gasteiger partial charge in [-0.1, -0.05) is 24.3 Å². The van der Waals surface area contributed by atoms with Crippen LogP contribution in [0.3, 0.4) is 0 Å². The zero-order valence-electron chi connectivity index (χ0n) is 11.9. The Balaban J connectivity index is 2.30. The molecule has 0 saturated heterocycles. The molecule has 0 aliphatic heterocycles. The molecule has 1 atom stereocenters. The predicted molar refractivity (Wildman–Crippen MR) is 88.1 cm³/mol. The molecule has 0 fully saturated rings. The molecule has 2 aromatic rings. The van der Waals surface area contributed by atoms with Gasteiger partial charge in [-0.05, 0) is 43.0 Å². The smallest absolute Gasteiger partial charge is 0.261 e. The number of rotatable bonds is 5. The van der Waals surface area contributed by atoms with Crippen LogP contribution < -0.4 is 10.5 Å². The Morgan fingerprint density at radius 1 is 1.10 bits per heavy atom. The van der Waals surface area contributed by atoms with Crippen LogP contribution in [0.15, 0.2) is 58.3 Å². The lowest BCUT2D eigenvalue weighted by Gasteiger charge is -2.12. The standard InChI is InChI=1S/C15H18N2O2S2/c1-11(16)12-7-9-13(10-8-12)21(18,19)17-14-5-3-4-6-15(14)20-2/h3-11,17H,16H2,1-2H3. The first kappa shape index (κ1) is 15.9. The van der Waals surface area contributed by atoms with E-state index in [0.717, 1.165) is 10.5 Å². The van der Waals surface area contributed by atoms with Gasteiger partial charge in [0.2, 0.25) is 0 Å². The van der Waals surface area contributed by atoms with E-state index < -0.39 is 10.0 Å². The number of nitrogens with two attached hydrogens (primary N) is 1. The summed E-state index contributed by atoms with van der Waals surface area (Å²) in [4.78, 5) is 1.11. The van der Waals surface area contributed by atoms with Crippen molar-refractivity contribution in [3.8, 4) is 0 Å². The molecular weight excluding hydrogens is 304 g/mol. The lowest BCUT2D eigenvalue weighted by molar-refractivity contribution is 0.601. The van der Waals surface area contributed by atoms with Crippen molar-refractivity contribution in [2.45, 2.75) is 22.8 Å². The minimum absolute atomic E-state index is 0.119. The van der Waals surface area contributed by atoms with Gasteiger partial charge in [-0.15, -0.1) is 11.8 Å². The second-order valence-electron chi connectivity index (χ2n) is 4.66. The Hall–Kier alpha value is -1.50. The number of sulfonamides is 1. The second-order valence-corrected chi connectivity index (χ2v) is 7.19. The van der Waals surface area contributed by atoms with Crippen LogP contribution in [-0.4, -0.2) is 14.7 Å². The van der Waals surface area contributed by atoms with E-state index in [-0.39, 0.29) is 10.9 Å². The van der Waals surface area contributed by atoms with Gasteiger partial charge in [-0.2, -0.15) is 0 Å². The van der Waals surface area contributed by atoms with Crippen molar-refractivity contribution >= 4 is 27.5 Å². The molecule has 2 rings (SSSR count). The Labute approximate surface area is 129 Å². The Bertz CT molecular complexity index is 711. The molecular formula is C15H18N2O2S2. The molecule has 1 unspecified atom stereocenters. The molecule has 0 aliphatic carbocycles. The summed E-state index contributed by atoms with van der Waals surface area (Å²) in [6.45, 7) is 1.86. The van der Waals surface area contributed by atoms with Crippen LogP contribution in [0.4, 0.5) is 5.69 Å². The largest absolute Gasteiger partial charge is 0.324 e. The minimum Gasteiger partial charge on any atom is -0.324 e. The number of benzene rings is 2. The van der Waals surface area contributed by atoms with Crippen LogP contribution in [0.25, 0.3) is 0 Å². The van der Waals surface area contributed by atoms with Crippen molar-refractivity contribution < 1.29 is 8.42 Å². The molecule has 0 heterocycles. The first-order valence-electron chi connectivity index (χ1n) is 6.45. The van der Waals surface area contributed by atoms with E-state index >= 15 is 0 Å². The monoisotopic (exact) mass is 322 g/mol. The minimum atomic E-state index is -3.59. The number of nitrogens with one attached hydrogen (secondary N) is 1. The Kier molecular flexibility index (Phi) is 4.92. The average molecular weight is 322 g/mol. The second kappa shape index (κ2) is 6.51. The van der Waals surface area contributed by atoms with Crippen LogP contribution >= 0.6 is 11.8 Å². The van der Waals surface area contributed by atoms with E-state index in [1.54, 1.807) is 36.4 Å². The highest BCUT2D eigenvalue weighted by Crippen LogP contribution is 2.27. The molecule has 4 nitrogen and oxygen atoms in total. The highest BCUT2D eigenvalue weighted by atomic mass is 32.2. The Morgan fingerprint density at radius 2 is 1.71 bits per heavy atom. The average Bonchev–Trinajstić information content (AvgIpc) is 2.47. The van der Waals surface area contributed by atoms with E-state index in [1.807, 2.05) is 25.3 Å². The summed E-state index contributed by atoms with van der Waals surface area (Å²) in [6.07, 6.45) is 1.91. The molecule has 0 aromatic heterocycles. The maximum Gasteiger partial charge on any atom is 0.261 e. The fourth-order valence-corrected chi connectivity index (χ4v) is 3.58. The summed E-state index contributed by atoms with van der Waals surface area (Å²) in [6, 6.07) is 13.8. The summed E-state index contributed by atoms with van der Waals surface area (Å²) in [5.74, 6) is 0. The third kappa shape index (κ3) is 3.78. The fraction of sp³-hybridized carbons (Fsp3) is 0.200. The number of para-hydroxylation sites is 1. The van der Waals surface area contributed by atoms with Crippen molar-refractivity contribution in [3.05, 3.63) is 54.1 Å². The molecule has 112 valence electrons.